The molecule has 0 aliphatic carbocycles. The van der Waals surface area contributed by atoms with Gasteiger partial charge in [-0.3, -0.25) is 4.79 Å². The van der Waals surface area contributed by atoms with Crippen molar-refractivity contribution in [2.45, 2.75) is 32.2 Å². The van der Waals surface area contributed by atoms with E-state index in [0.717, 1.165) is 32.5 Å². The molecular formula is C13H23N3O5. The van der Waals surface area contributed by atoms with Crippen molar-refractivity contribution in [3.05, 3.63) is 0 Å². The molecule has 0 aromatic heterocycles. The molecule has 0 saturated carbocycles. The van der Waals surface area contributed by atoms with Crippen LogP contribution in [0.3, 0.4) is 0 Å². The second-order valence-corrected chi connectivity index (χ2v) is 5.22. The minimum Gasteiger partial charge on any atom is -0.481 e. The highest BCUT2D eigenvalue weighted by molar-refractivity contribution is 5.86. The summed E-state index contributed by atoms with van der Waals surface area (Å²) in [6.45, 7) is 5.61. The first-order chi connectivity index (χ1) is 9.92. The Morgan fingerprint density at radius 3 is 2.33 bits per heavy atom. The molecule has 1 aliphatic heterocycles. The molecule has 0 aromatic rings. The zero-order valence-electron chi connectivity index (χ0n) is 12.2. The van der Waals surface area contributed by atoms with Gasteiger partial charge in [-0.2, -0.15) is 0 Å². The molecule has 4 N–H and O–H groups in total. The number of likely N-dealkylation sites (tertiary alicyclic amines) is 1. The van der Waals surface area contributed by atoms with Crippen molar-refractivity contribution >= 4 is 18.0 Å². The lowest BCUT2D eigenvalue weighted by Crippen LogP contribution is -2.48. The Balaban J connectivity index is 2.30. The molecule has 8 heteroatoms. The fraction of sp³-hybridized carbons (Fsp3) is 0.769. The highest BCUT2D eigenvalue weighted by atomic mass is 16.4. The number of nitrogens with zero attached hydrogens (tertiary/aromatic N) is 1. The smallest absolute Gasteiger partial charge is 0.326 e. The molecule has 0 spiro atoms. The number of rotatable bonds is 7. The Morgan fingerprint density at radius 2 is 1.86 bits per heavy atom. The van der Waals surface area contributed by atoms with E-state index in [1.807, 2.05) is 0 Å². The number of hydrogen-bond donors (Lipinski definition) is 4. The lowest BCUT2D eigenvalue weighted by Gasteiger charge is -2.31. The second-order valence-electron chi connectivity index (χ2n) is 5.22. The molecule has 1 fully saturated rings. The number of hydrogen-bond acceptors (Lipinski definition) is 4. The van der Waals surface area contributed by atoms with Crippen LogP contribution in [0.4, 0.5) is 4.79 Å². The molecule has 21 heavy (non-hydrogen) atoms. The van der Waals surface area contributed by atoms with Gasteiger partial charge in [0, 0.05) is 6.54 Å². The summed E-state index contributed by atoms with van der Waals surface area (Å²) in [5.41, 5.74) is 0. The number of amides is 2. The lowest BCUT2D eigenvalue weighted by atomic mass is 9.97. The van der Waals surface area contributed by atoms with Gasteiger partial charge in [-0.05, 0) is 38.4 Å². The van der Waals surface area contributed by atoms with Gasteiger partial charge >= 0.3 is 18.0 Å². The molecule has 1 atom stereocenters. The predicted octanol–water partition coefficient (Wildman–Crippen LogP) is -0.0546. The van der Waals surface area contributed by atoms with E-state index in [0.29, 0.717) is 12.5 Å². The SMILES string of the molecule is CCN1CCC(CNC(=O)N[C@H](CC(=O)O)C(=O)O)CC1. The summed E-state index contributed by atoms with van der Waals surface area (Å²) in [4.78, 5) is 35.3. The summed E-state index contributed by atoms with van der Waals surface area (Å²) in [6, 6.07) is -2.05. The Bertz CT molecular complexity index is 380. The van der Waals surface area contributed by atoms with E-state index in [4.69, 9.17) is 10.2 Å². The van der Waals surface area contributed by atoms with Crippen LogP contribution >= 0.6 is 0 Å². The molecular weight excluding hydrogens is 278 g/mol. The van der Waals surface area contributed by atoms with E-state index in [2.05, 4.69) is 22.5 Å². The zero-order valence-corrected chi connectivity index (χ0v) is 12.2. The van der Waals surface area contributed by atoms with Crippen molar-refractivity contribution in [3.8, 4) is 0 Å². The monoisotopic (exact) mass is 301 g/mol. The minimum absolute atomic E-state index is 0.376. The molecule has 1 saturated heterocycles. The standard InChI is InChI=1S/C13H23N3O5/c1-2-16-5-3-9(4-6-16)8-14-13(21)15-10(12(19)20)7-11(17)18/h9-10H,2-8H2,1H3,(H,17,18)(H,19,20)(H2,14,15,21)/t10-/m1/s1. The van der Waals surface area contributed by atoms with E-state index in [1.165, 1.54) is 0 Å². The number of carboxylic acid groups (broad SMARTS) is 2. The van der Waals surface area contributed by atoms with Crippen LogP contribution in [0.1, 0.15) is 26.2 Å². The van der Waals surface area contributed by atoms with E-state index in [9.17, 15) is 14.4 Å². The molecule has 1 aliphatic rings. The number of aliphatic carboxylic acids is 2. The highest BCUT2D eigenvalue weighted by Gasteiger charge is 2.24. The van der Waals surface area contributed by atoms with Crippen LogP contribution in [0, 0.1) is 5.92 Å². The third kappa shape index (κ3) is 6.44. The molecule has 0 radical (unpaired) electrons. The van der Waals surface area contributed by atoms with Crippen LogP contribution in [-0.4, -0.2) is 65.3 Å². The van der Waals surface area contributed by atoms with Crippen LogP contribution in [-0.2, 0) is 9.59 Å². The fourth-order valence-corrected chi connectivity index (χ4v) is 2.33. The number of piperidine rings is 1. The van der Waals surface area contributed by atoms with E-state index in [1.54, 1.807) is 0 Å². The molecule has 0 unspecified atom stereocenters. The first kappa shape index (κ1) is 17.2. The maximum Gasteiger partial charge on any atom is 0.326 e. The minimum atomic E-state index is -1.41. The van der Waals surface area contributed by atoms with Crippen LogP contribution in [0.15, 0.2) is 0 Å². The van der Waals surface area contributed by atoms with Crippen molar-refractivity contribution in [3.63, 3.8) is 0 Å². The van der Waals surface area contributed by atoms with Gasteiger partial charge in [0.15, 0.2) is 0 Å². The molecule has 0 bridgehead atoms. The van der Waals surface area contributed by atoms with Crippen molar-refractivity contribution in [1.29, 1.82) is 0 Å². The third-order valence-electron chi connectivity index (χ3n) is 3.69. The number of nitrogens with one attached hydrogen (secondary N) is 2. The molecule has 0 aromatic carbocycles. The van der Waals surface area contributed by atoms with Crippen molar-refractivity contribution < 1.29 is 24.6 Å². The van der Waals surface area contributed by atoms with Crippen LogP contribution in [0.5, 0.6) is 0 Å². The molecule has 1 rings (SSSR count). The number of carbonyl (C=O) groups is 3. The number of urea groups is 1. The molecule has 2 amide bonds. The number of carboxylic acids is 2. The summed E-state index contributed by atoms with van der Waals surface area (Å²) in [7, 11) is 0. The summed E-state index contributed by atoms with van der Waals surface area (Å²) in [6.07, 6.45) is 1.34. The van der Waals surface area contributed by atoms with Gasteiger partial charge in [0.1, 0.15) is 6.04 Å². The first-order valence-electron chi connectivity index (χ1n) is 7.13. The van der Waals surface area contributed by atoms with Crippen molar-refractivity contribution in [1.82, 2.24) is 15.5 Å². The fourth-order valence-electron chi connectivity index (χ4n) is 2.33. The number of carbonyl (C=O) groups excluding carboxylic acids is 1. The van der Waals surface area contributed by atoms with Gasteiger partial charge in [0.2, 0.25) is 0 Å². The molecule has 1 heterocycles. The van der Waals surface area contributed by atoms with Crippen molar-refractivity contribution in [2.24, 2.45) is 5.92 Å². The normalized spacial score (nSPS) is 18.0. The maximum atomic E-state index is 11.6. The van der Waals surface area contributed by atoms with Crippen LogP contribution in [0.2, 0.25) is 0 Å². The summed E-state index contributed by atoms with van der Waals surface area (Å²) in [5, 5.41) is 22.2. The lowest BCUT2D eigenvalue weighted by molar-refractivity contribution is -0.145. The van der Waals surface area contributed by atoms with E-state index in [-0.39, 0.29) is 0 Å². The second kappa shape index (κ2) is 8.46. The molecule has 120 valence electrons. The van der Waals surface area contributed by atoms with Gasteiger partial charge in [0.05, 0.1) is 6.42 Å². The molecule has 8 nitrogen and oxygen atoms in total. The predicted molar refractivity (Wildman–Crippen MR) is 75.0 cm³/mol. The van der Waals surface area contributed by atoms with E-state index >= 15 is 0 Å². The topological polar surface area (TPSA) is 119 Å². The Hall–Kier alpha value is -1.83. The van der Waals surface area contributed by atoms with Crippen LogP contribution < -0.4 is 10.6 Å². The largest absolute Gasteiger partial charge is 0.481 e. The van der Waals surface area contributed by atoms with E-state index < -0.39 is 30.4 Å². The van der Waals surface area contributed by atoms with Crippen molar-refractivity contribution in [2.75, 3.05) is 26.2 Å². The van der Waals surface area contributed by atoms with Gasteiger partial charge in [0.25, 0.3) is 0 Å². The van der Waals surface area contributed by atoms with Gasteiger partial charge in [-0.25, -0.2) is 9.59 Å². The van der Waals surface area contributed by atoms with Crippen LogP contribution in [0.25, 0.3) is 0 Å². The Morgan fingerprint density at radius 1 is 1.24 bits per heavy atom. The summed E-state index contributed by atoms with van der Waals surface area (Å²) < 4.78 is 0. The first-order valence-corrected chi connectivity index (χ1v) is 7.13. The van der Waals surface area contributed by atoms with Gasteiger partial charge < -0.3 is 25.7 Å². The van der Waals surface area contributed by atoms with Gasteiger partial charge in [-0.1, -0.05) is 6.92 Å². The van der Waals surface area contributed by atoms with Gasteiger partial charge in [-0.15, -0.1) is 0 Å². The quantitative estimate of drug-likeness (QED) is 0.523. The average Bonchev–Trinajstić information content (AvgIpc) is 2.44. The summed E-state index contributed by atoms with van der Waals surface area (Å²) in [5.74, 6) is -2.25. The zero-order chi connectivity index (χ0) is 15.8. The third-order valence-corrected chi connectivity index (χ3v) is 3.69. The highest BCUT2D eigenvalue weighted by Crippen LogP contribution is 2.15. The summed E-state index contributed by atoms with van der Waals surface area (Å²) >= 11 is 0. The average molecular weight is 301 g/mol. The maximum absolute atomic E-state index is 11.6. The Labute approximate surface area is 123 Å². The Kier molecular flexibility index (Phi) is 6.93.